The first-order valence-electron chi connectivity index (χ1n) is 11.0. The Morgan fingerprint density at radius 1 is 1.03 bits per heavy atom. The van der Waals surface area contributed by atoms with Gasteiger partial charge in [-0.2, -0.15) is 0 Å². The van der Waals surface area contributed by atoms with Crippen LogP contribution >= 0.6 is 0 Å². The predicted molar refractivity (Wildman–Crippen MR) is 120 cm³/mol. The highest BCUT2D eigenvalue weighted by molar-refractivity contribution is 5.76. The molecule has 32 heavy (non-hydrogen) atoms. The van der Waals surface area contributed by atoms with Gasteiger partial charge in [0.2, 0.25) is 0 Å². The van der Waals surface area contributed by atoms with Gasteiger partial charge in [-0.25, -0.2) is 9.59 Å². The first-order chi connectivity index (χ1) is 14.8. The van der Waals surface area contributed by atoms with Gasteiger partial charge in [0, 0.05) is 6.54 Å². The van der Waals surface area contributed by atoms with Crippen molar-refractivity contribution in [2.75, 3.05) is 6.54 Å². The van der Waals surface area contributed by atoms with Gasteiger partial charge in [0.15, 0.2) is 0 Å². The summed E-state index contributed by atoms with van der Waals surface area (Å²) in [4.78, 5) is 39.6. The van der Waals surface area contributed by atoms with Gasteiger partial charge in [-0.1, -0.05) is 30.3 Å². The normalized spacial score (nSPS) is 19.8. The Labute approximate surface area is 190 Å². The molecule has 0 unspecified atom stereocenters. The summed E-state index contributed by atoms with van der Waals surface area (Å²) in [6, 6.07) is 8.25. The Morgan fingerprint density at radius 2 is 1.62 bits per heavy atom. The molecule has 0 radical (unpaired) electrons. The molecule has 0 bridgehead atoms. The van der Waals surface area contributed by atoms with E-state index in [1.165, 1.54) is 4.90 Å². The molecule has 0 aliphatic carbocycles. The standard InChI is InChI=1S/C24H36N2O6/c1-16(20(27)31-23(2,3)4)19-18(25-21(28)32-24(5,6)7)13-14-26(19)22(29)30-15-17-11-9-8-10-12-17/h8-12,16,18-19H,13-15H2,1-7H3,(H,25,28)/t16-,18-,19+/m0/s1. The third-order valence-electron chi connectivity index (χ3n) is 4.89. The van der Waals surface area contributed by atoms with E-state index in [0.717, 1.165) is 5.56 Å². The van der Waals surface area contributed by atoms with Crippen molar-refractivity contribution in [2.45, 2.75) is 84.8 Å². The van der Waals surface area contributed by atoms with Crippen molar-refractivity contribution < 1.29 is 28.6 Å². The van der Waals surface area contributed by atoms with E-state index < -0.39 is 47.4 Å². The quantitative estimate of drug-likeness (QED) is 0.534. The monoisotopic (exact) mass is 448 g/mol. The van der Waals surface area contributed by atoms with Gasteiger partial charge in [0.05, 0.1) is 18.0 Å². The molecule has 1 fully saturated rings. The molecule has 2 rings (SSSR count). The lowest BCUT2D eigenvalue weighted by Gasteiger charge is -2.33. The van der Waals surface area contributed by atoms with Gasteiger partial charge >= 0.3 is 18.2 Å². The lowest BCUT2D eigenvalue weighted by Crippen LogP contribution is -2.53. The van der Waals surface area contributed by atoms with Gasteiger partial charge in [-0.3, -0.25) is 4.79 Å². The third kappa shape index (κ3) is 7.73. The largest absolute Gasteiger partial charge is 0.460 e. The first-order valence-corrected chi connectivity index (χ1v) is 11.0. The summed E-state index contributed by atoms with van der Waals surface area (Å²) in [6.07, 6.45) is -0.663. The molecule has 1 aliphatic heterocycles. The van der Waals surface area contributed by atoms with E-state index in [1.54, 1.807) is 48.5 Å². The average molecular weight is 449 g/mol. The van der Waals surface area contributed by atoms with E-state index in [0.29, 0.717) is 13.0 Å². The summed E-state index contributed by atoms with van der Waals surface area (Å²) in [6.45, 7) is 12.8. The molecule has 0 spiro atoms. The van der Waals surface area contributed by atoms with Gasteiger partial charge < -0.3 is 24.4 Å². The summed E-state index contributed by atoms with van der Waals surface area (Å²) >= 11 is 0. The van der Waals surface area contributed by atoms with Crippen LogP contribution in [0.15, 0.2) is 30.3 Å². The molecule has 3 atom stereocenters. The second kappa shape index (κ2) is 10.2. The lowest BCUT2D eigenvalue weighted by atomic mass is 9.95. The Morgan fingerprint density at radius 3 is 2.19 bits per heavy atom. The zero-order valence-corrected chi connectivity index (χ0v) is 20.1. The van der Waals surface area contributed by atoms with Crippen molar-refractivity contribution in [3.05, 3.63) is 35.9 Å². The minimum absolute atomic E-state index is 0.119. The van der Waals surface area contributed by atoms with E-state index in [4.69, 9.17) is 14.2 Å². The van der Waals surface area contributed by atoms with Crippen LogP contribution in [-0.4, -0.2) is 52.9 Å². The number of hydrogen-bond donors (Lipinski definition) is 1. The van der Waals surface area contributed by atoms with Crippen LogP contribution in [0.3, 0.4) is 0 Å². The minimum Gasteiger partial charge on any atom is -0.460 e. The maximum atomic E-state index is 12.9. The van der Waals surface area contributed by atoms with Crippen LogP contribution in [-0.2, 0) is 25.6 Å². The number of ether oxygens (including phenoxy) is 3. The highest BCUT2D eigenvalue weighted by Gasteiger charge is 2.45. The van der Waals surface area contributed by atoms with Gasteiger partial charge in [0.25, 0.3) is 0 Å². The number of nitrogens with one attached hydrogen (secondary N) is 1. The molecular formula is C24H36N2O6. The number of esters is 1. The summed E-state index contributed by atoms with van der Waals surface area (Å²) in [5.41, 5.74) is -0.472. The number of rotatable bonds is 5. The molecule has 1 N–H and O–H groups in total. The van der Waals surface area contributed by atoms with Crippen LogP contribution in [0.5, 0.6) is 0 Å². The lowest BCUT2D eigenvalue weighted by molar-refractivity contribution is -0.161. The second-order valence-electron chi connectivity index (χ2n) is 10.1. The molecule has 1 aromatic carbocycles. The summed E-state index contributed by atoms with van der Waals surface area (Å²) in [5, 5.41) is 2.82. The number of hydrogen-bond acceptors (Lipinski definition) is 6. The minimum atomic E-state index is -0.680. The maximum absolute atomic E-state index is 12.9. The average Bonchev–Trinajstić information content (AvgIpc) is 3.06. The molecule has 2 amide bonds. The molecule has 1 heterocycles. The van der Waals surface area contributed by atoms with Crippen molar-refractivity contribution in [1.29, 1.82) is 0 Å². The van der Waals surface area contributed by atoms with E-state index in [-0.39, 0.29) is 6.61 Å². The highest BCUT2D eigenvalue weighted by atomic mass is 16.6. The summed E-state index contributed by atoms with van der Waals surface area (Å²) in [5.74, 6) is -1.12. The molecule has 1 aliphatic rings. The van der Waals surface area contributed by atoms with Crippen molar-refractivity contribution >= 4 is 18.2 Å². The van der Waals surface area contributed by atoms with Gasteiger partial charge in [0.1, 0.15) is 17.8 Å². The van der Waals surface area contributed by atoms with Gasteiger partial charge in [-0.15, -0.1) is 0 Å². The Bertz CT molecular complexity index is 797. The molecule has 178 valence electrons. The van der Waals surface area contributed by atoms with Crippen molar-refractivity contribution in [2.24, 2.45) is 5.92 Å². The molecule has 8 heteroatoms. The molecule has 1 aromatic rings. The van der Waals surface area contributed by atoms with Crippen molar-refractivity contribution in [3.8, 4) is 0 Å². The Balaban J connectivity index is 2.16. The van der Waals surface area contributed by atoms with Crippen LogP contribution < -0.4 is 5.32 Å². The summed E-state index contributed by atoms with van der Waals surface area (Å²) in [7, 11) is 0. The number of carbonyl (C=O) groups is 3. The topological polar surface area (TPSA) is 94.2 Å². The molecule has 0 aromatic heterocycles. The number of benzene rings is 1. The first kappa shape index (κ1) is 25.5. The maximum Gasteiger partial charge on any atom is 0.410 e. The van der Waals surface area contributed by atoms with Crippen LogP contribution in [0.25, 0.3) is 0 Å². The number of alkyl carbamates (subject to hydrolysis) is 1. The molecule has 1 saturated heterocycles. The van der Waals surface area contributed by atoms with E-state index in [2.05, 4.69) is 5.32 Å². The van der Waals surface area contributed by atoms with Crippen LogP contribution in [0.1, 0.15) is 60.5 Å². The van der Waals surface area contributed by atoms with E-state index in [1.807, 2.05) is 30.3 Å². The number of amides is 2. The zero-order valence-electron chi connectivity index (χ0n) is 20.1. The molecule has 0 saturated carbocycles. The summed E-state index contributed by atoms with van der Waals surface area (Å²) < 4.78 is 16.4. The van der Waals surface area contributed by atoms with E-state index in [9.17, 15) is 14.4 Å². The third-order valence-corrected chi connectivity index (χ3v) is 4.89. The van der Waals surface area contributed by atoms with Crippen LogP contribution in [0.4, 0.5) is 9.59 Å². The number of nitrogens with zero attached hydrogens (tertiary/aromatic N) is 1. The highest BCUT2D eigenvalue weighted by Crippen LogP contribution is 2.28. The zero-order chi connectivity index (χ0) is 24.1. The molecular weight excluding hydrogens is 412 g/mol. The SMILES string of the molecule is C[C@H](C(=O)OC(C)(C)C)[C@@H]1[C@@H](NC(=O)OC(C)(C)C)CCN1C(=O)OCc1ccccc1. The van der Waals surface area contributed by atoms with Crippen molar-refractivity contribution in [1.82, 2.24) is 10.2 Å². The van der Waals surface area contributed by atoms with Crippen molar-refractivity contribution in [3.63, 3.8) is 0 Å². The number of carbonyl (C=O) groups excluding carboxylic acids is 3. The predicted octanol–water partition coefficient (Wildman–Crippen LogP) is 4.27. The Hall–Kier alpha value is -2.77. The molecule has 8 nitrogen and oxygen atoms in total. The van der Waals surface area contributed by atoms with Crippen LogP contribution in [0, 0.1) is 5.92 Å². The fourth-order valence-electron chi connectivity index (χ4n) is 3.60. The smallest absolute Gasteiger partial charge is 0.410 e. The van der Waals surface area contributed by atoms with E-state index >= 15 is 0 Å². The fraction of sp³-hybridized carbons (Fsp3) is 0.625. The second-order valence-corrected chi connectivity index (χ2v) is 10.1. The fourth-order valence-corrected chi connectivity index (χ4v) is 3.60. The van der Waals surface area contributed by atoms with Gasteiger partial charge in [-0.05, 0) is 60.5 Å². The van der Waals surface area contributed by atoms with Crippen LogP contribution in [0.2, 0.25) is 0 Å². The number of likely N-dealkylation sites (tertiary alicyclic amines) is 1. The Kier molecular flexibility index (Phi) is 8.15.